The third-order valence-corrected chi connectivity index (χ3v) is 1.88. The predicted octanol–water partition coefficient (Wildman–Crippen LogP) is 1.46. The highest BCUT2D eigenvalue weighted by Gasteiger charge is 2.12. The van der Waals surface area contributed by atoms with Crippen LogP contribution < -0.4 is 5.90 Å². The second-order valence-electron chi connectivity index (χ2n) is 2.85. The average Bonchev–Trinajstić information content (AvgIpc) is 2.07. The van der Waals surface area contributed by atoms with Crippen molar-refractivity contribution in [2.75, 3.05) is 0 Å². The number of hydrogen-bond donors (Lipinski definition) is 1. The molecular weight excluding hydrogens is 149 g/mol. The Kier molecular flexibility index (Phi) is 6.81. The molecule has 0 heterocycles. The molecule has 0 aliphatic carbocycles. The molecule has 2 atom stereocenters. The van der Waals surface area contributed by atoms with Gasteiger partial charge in [-0.05, 0) is 12.8 Å². The van der Waals surface area contributed by atoms with Crippen molar-refractivity contribution in [3.05, 3.63) is 24.3 Å². The molecule has 0 aromatic heterocycles. The third kappa shape index (κ3) is 4.37. The highest BCUT2D eigenvalue weighted by molar-refractivity contribution is 6.35. The van der Waals surface area contributed by atoms with Crippen LogP contribution in [-0.4, -0.2) is 13.3 Å². The third-order valence-electron chi connectivity index (χ3n) is 1.88. The normalized spacial score (nSPS) is 17.0. The van der Waals surface area contributed by atoms with E-state index in [0.717, 1.165) is 7.28 Å². The zero-order valence-electron chi connectivity index (χ0n) is 8.16. The van der Waals surface area contributed by atoms with Gasteiger partial charge in [0.2, 0.25) is 0 Å². The summed E-state index contributed by atoms with van der Waals surface area (Å²) in [5, 5.41) is 0. The van der Waals surface area contributed by atoms with E-state index >= 15 is 0 Å². The lowest BCUT2D eigenvalue weighted by atomic mass is 9.69. The number of allylic oxidation sites excluding steroid dienone is 3. The smallest absolute Gasteiger partial charge is 0.158 e. The highest BCUT2D eigenvalue weighted by Crippen LogP contribution is 2.06. The molecule has 0 saturated carbocycles. The molecule has 0 bridgehead atoms. The zero-order chi connectivity index (χ0) is 9.40. The Balaban J connectivity index is 3.90. The van der Waals surface area contributed by atoms with Crippen molar-refractivity contribution in [1.82, 2.24) is 0 Å². The molecule has 12 heavy (non-hydrogen) atoms. The molecule has 2 nitrogen and oxygen atoms in total. The molecule has 0 aromatic rings. The topological polar surface area (TPSA) is 35.2 Å². The standard InChI is InChI=1S/C9H18BNO/c1-4-5-6-7-8(2)9(10-3)12-11/h4-10H,11H2,1-3H3/b5-4-,7-6-/t8-,9?/m0/s1. The molecule has 0 radical (unpaired) electrons. The molecule has 0 aliphatic heterocycles. The first-order valence-corrected chi connectivity index (χ1v) is 4.41. The van der Waals surface area contributed by atoms with E-state index in [0.29, 0.717) is 5.92 Å². The van der Waals surface area contributed by atoms with Gasteiger partial charge in [-0.25, -0.2) is 5.90 Å². The van der Waals surface area contributed by atoms with Crippen LogP contribution in [-0.2, 0) is 4.84 Å². The van der Waals surface area contributed by atoms with Crippen LogP contribution in [0.2, 0.25) is 6.82 Å². The Morgan fingerprint density at radius 3 is 2.50 bits per heavy atom. The van der Waals surface area contributed by atoms with Crippen molar-refractivity contribution in [2.45, 2.75) is 26.7 Å². The summed E-state index contributed by atoms with van der Waals surface area (Å²) in [5.41, 5.74) is 0. The molecule has 0 spiro atoms. The van der Waals surface area contributed by atoms with Crippen LogP contribution in [0.3, 0.4) is 0 Å². The largest absolute Gasteiger partial charge is 0.310 e. The van der Waals surface area contributed by atoms with Gasteiger partial charge in [-0.3, -0.25) is 0 Å². The van der Waals surface area contributed by atoms with Gasteiger partial charge in [0.05, 0.1) is 6.00 Å². The molecule has 68 valence electrons. The summed E-state index contributed by atoms with van der Waals surface area (Å²) in [4.78, 5) is 4.82. The Hall–Kier alpha value is -0.535. The summed E-state index contributed by atoms with van der Waals surface area (Å²) in [6, 6.07) is 0.131. The van der Waals surface area contributed by atoms with Crippen LogP contribution in [0.5, 0.6) is 0 Å². The van der Waals surface area contributed by atoms with Crippen molar-refractivity contribution in [3.8, 4) is 0 Å². The maximum absolute atomic E-state index is 5.14. The summed E-state index contributed by atoms with van der Waals surface area (Å²) in [5.74, 6) is 5.51. The monoisotopic (exact) mass is 167 g/mol. The van der Waals surface area contributed by atoms with E-state index < -0.39 is 0 Å². The van der Waals surface area contributed by atoms with Gasteiger partial charge in [0, 0.05) is 0 Å². The van der Waals surface area contributed by atoms with Crippen LogP contribution in [0, 0.1) is 5.92 Å². The lowest BCUT2D eigenvalue weighted by Crippen LogP contribution is -2.28. The summed E-state index contributed by atoms with van der Waals surface area (Å²) in [7, 11) is 0.942. The zero-order valence-corrected chi connectivity index (χ0v) is 8.16. The Morgan fingerprint density at radius 2 is 2.08 bits per heavy atom. The van der Waals surface area contributed by atoms with E-state index in [1.165, 1.54) is 0 Å². The van der Waals surface area contributed by atoms with Crippen molar-refractivity contribution in [1.29, 1.82) is 0 Å². The van der Waals surface area contributed by atoms with Gasteiger partial charge < -0.3 is 4.84 Å². The highest BCUT2D eigenvalue weighted by atomic mass is 16.6. The minimum atomic E-state index is 0.131. The van der Waals surface area contributed by atoms with Crippen LogP contribution in [0.15, 0.2) is 24.3 Å². The first-order valence-electron chi connectivity index (χ1n) is 4.41. The molecule has 0 aliphatic rings. The molecule has 3 heteroatoms. The van der Waals surface area contributed by atoms with Crippen LogP contribution in [0.1, 0.15) is 13.8 Å². The maximum atomic E-state index is 5.14. The quantitative estimate of drug-likeness (QED) is 0.382. The van der Waals surface area contributed by atoms with Gasteiger partial charge in [0.1, 0.15) is 0 Å². The lowest BCUT2D eigenvalue weighted by molar-refractivity contribution is 0.0844. The van der Waals surface area contributed by atoms with Crippen molar-refractivity contribution in [2.24, 2.45) is 11.8 Å². The summed E-state index contributed by atoms with van der Waals surface area (Å²) in [6.45, 7) is 6.16. The van der Waals surface area contributed by atoms with Gasteiger partial charge in [-0.1, -0.05) is 38.1 Å². The predicted molar refractivity (Wildman–Crippen MR) is 55.2 cm³/mol. The van der Waals surface area contributed by atoms with Gasteiger partial charge in [-0.15, -0.1) is 0 Å². The number of hydrogen-bond acceptors (Lipinski definition) is 2. The minimum absolute atomic E-state index is 0.131. The molecule has 0 amide bonds. The fourth-order valence-corrected chi connectivity index (χ4v) is 1.07. The minimum Gasteiger partial charge on any atom is -0.310 e. The van der Waals surface area contributed by atoms with Crippen LogP contribution in [0.4, 0.5) is 0 Å². The van der Waals surface area contributed by atoms with Crippen LogP contribution >= 0.6 is 0 Å². The van der Waals surface area contributed by atoms with Gasteiger partial charge in [0.15, 0.2) is 7.28 Å². The van der Waals surface area contributed by atoms with Gasteiger partial charge in [-0.2, -0.15) is 0 Å². The summed E-state index contributed by atoms with van der Waals surface area (Å²) < 4.78 is 0. The Labute approximate surface area is 75.7 Å². The van der Waals surface area contributed by atoms with E-state index in [2.05, 4.69) is 19.8 Å². The molecule has 0 saturated heterocycles. The SMILES string of the molecule is CBC(ON)[C@@H](C)/C=C\C=C/C. The van der Waals surface area contributed by atoms with E-state index in [4.69, 9.17) is 10.7 Å². The first-order chi connectivity index (χ1) is 5.76. The molecule has 2 N–H and O–H groups in total. The Bertz CT molecular complexity index is 153. The second-order valence-corrected chi connectivity index (χ2v) is 2.85. The average molecular weight is 167 g/mol. The van der Waals surface area contributed by atoms with E-state index in [1.54, 1.807) is 0 Å². The van der Waals surface area contributed by atoms with Gasteiger partial charge in [0.25, 0.3) is 0 Å². The van der Waals surface area contributed by atoms with E-state index in [1.807, 2.05) is 25.2 Å². The maximum Gasteiger partial charge on any atom is 0.158 e. The first kappa shape index (κ1) is 11.5. The van der Waals surface area contributed by atoms with Crippen LogP contribution in [0.25, 0.3) is 0 Å². The van der Waals surface area contributed by atoms with Gasteiger partial charge >= 0.3 is 0 Å². The lowest BCUT2D eigenvalue weighted by Gasteiger charge is -2.15. The molecule has 1 unspecified atom stereocenters. The van der Waals surface area contributed by atoms with Crippen molar-refractivity contribution >= 4 is 7.28 Å². The number of rotatable bonds is 5. The van der Waals surface area contributed by atoms with E-state index in [9.17, 15) is 0 Å². The fraction of sp³-hybridized carbons (Fsp3) is 0.556. The van der Waals surface area contributed by atoms with E-state index in [-0.39, 0.29) is 6.00 Å². The molecule has 0 aromatic carbocycles. The number of nitrogens with two attached hydrogens (primary N) is 1. The van der Waals surface area contributed by atoms with Crippen molar-refractivity contribution < 1.29 is 4.84 Å². The fourth-order valence-electron chi connectivity index (χ4n) is 1.07. The summed E-state index contributed by atoms with van der Waals surface area (Å²) >= 11 is 0. The molecular formula is C9H18BNO. The molecule has 0 rings (SSSR count). The molecule has 0 fully saturated rings. The summed E-state index contributed by atoms with van der Waals surface area (Å²) in [6.07, 6.45) is 8.11. The van der Waals surface area contributed by atoms with Crippen molar-refractivity contribution in [3.63, 3.8) is 0 Å². The Morgan fingerprint density at radius 1 is 1.42 bits per heavy atom. The second kappa shape index (κ2) is 7.13.